The highest BCUT2D eigenvalue weighted by atomic mass is 32.1. The monoisotopic (exact) mass is 492 g/mol. The summed E-state index contributed by atoms with van der Waals surface area (Å²) >= 11 is 1.60. The van der Waals surface area contributed by atoms with Gasteiger partial charge in [-0.2, -0.15) is 4.37 Å². The van der Waals surface area contributed by atoms with E-state index in [0.29, 0.717) is 30.2 Å². The number of hydrogen-bond acceptors (Lipinski definition) is 6. The summed E-state index contributed by atoms with van der Waals surface area (Å²) in [6.07, 6.45) is 8.35. The Kier molecular flexibility index (Phi) is 5.61. The maximum atomic E-state index is 13.3. The molecular weight excluding hydrogens is 456 g/mol. The third kappa shape index (κ3) is 3.72. The highest BCUT2D eigenvalue weighted by molar-refractivity contribution is 7.13. The molecule has 35 heavy (non-hydrogen) atoms. The Morgan fingerprint density at radius 2 is 1.49 bits per heavy atom. The van der Waals surface area contributed by atoms with Gasteiger partial charge in [-0.15, -0.1) is 0 Å². The summed E-state index contributed by atoms with van der Waals surface area (Å²) in [7, 11) is 0. The summed E-state index contributed by atoms with van der Waals surface area (Å²) in [5.41, 5.74) is 0. The molecule has 3 saturated carbocycles. The second-order valence-electron chi connectivity index (χ2n) is 11.8. The summed E-state index contributed by atoms with van der Waals surface area (Å²) in [6, 6.07) is 8.54. The molecule has 2 saturated heterocycles. The number of aromatic nitrogens is 1. The Hall–Kier alpha value is -1.99. The van der Waals surface area contributed by atoms with Gasteiger partial charge in [0.15, 0.2) is 0 Å². The van der Waals surface area contributed by atoms with Crippen molar-refractivity contribution in [2.75, 3.05) is 44.2 Å². The largest absolute Gasteiger partial charge is 0.353 e. The van der Waals surface area contributed by atoms with Gasteiger partial charge < -0.3 is 4.90 Å². The predicted molar refractivity (Wildman–Crippen MR) is 138 cm³/mol. The van der Waals surface area contributed by atoms with Gasteiger partial charge in [0.05, 0.1) is 16.5 Å². The molecule has 6 atom stereocenters. The van der Waals surface area contributed by atoms with Gasteiger partial charge in [-0.25, -0.2) is 0 Å². The molecule has 186 valence electrons. The van der Waals surface area contributed by atoms with E-state index in [1.165, 1.54) is 29.3 Å². The fourth-order valence-electron chi connectivity index (χ4n) is 8.22. The van der Waals surface area contributed by atoms with Gasteiger partial charge in [0.25, 0.3) is 0 Å². The zero-order valence-corrected chi connectivity index (χ0v) is 21.3. The van der Waals surface area contributed by atoms with Gasteiger partial charge >= 0.3 is 0 Å². The van der Waals surface area contributed by atoms with Crippen molar-refractivity contribution >= 4 is 39.3 Å². The number of benzene rings is 1. The molecule has 1 aromatic heterocycles. The molecule has 2 aliphatic heterocycles. The minimum atomic E-state index is 0.0261. The van der Waals surface area contributed by atoms with Crippen LogP contribution in [-0.4, -0.2) is 65.3 Å². The van der Waals surface area contributed by atoms with Crippen LogP contribution in [0.4, 0.5) is 5.82 Å². The van der Waals surface area contributed by atoms with Crippen molar-refractivity contribution in [2.24, 2.45) is 35.5 Å². The van der Waals surface area contributed by atoms with Gasteiger partial charge in [0.1, 0.15) is 5.82 Å². The Labute approximate surface area is 211 Å². The van der Waals surface area contributed by atoms with E-state index in [2.05, 4.69) is 34.1 Å². The summed E-state index contributed by atoms with van der Waals surface area (Å²) in [6.45, 7) is 5.93. The van der Waals surface area contributed by atoms with E-state index in [1.807, 2.05) is 0 Å². The molecule has 0 unspecified atom stereocenters. The molecule has 5 fully saturated rings. The second-order valence-corrected chi connectivity index (χ2v) is 12.6. The van der Waals surface area contributed by atoms with E-state index in [-0.39, 0.29) is 23.7 Å². The Balaban J connectivity index is 0.986. The van der Waals surface area contributed by atoms with Gasteiger partial charge in [-0.3, -0.25) is 19.4 Å². The van der Waals surface area contributed by atoms with Crippen molar-refractivity contribution in [3.63, 3.8) is 0 Å². The minimum absolute atomic E-state index is 0.0261. The number of likely N-dealkylation sites (tertiary alicyclic amines) is 1. The number of imide groups is 1. The van der Waals surface area contributed by atoms with Crippen LogP contribution in [0, 0.1) is 35.5 Å². The number of rotatable bonds is 5. The van der Waals surface area contributed by atoms with E-state index in [0.717, 1.165) is 64.2 Å². The number of carbonyl (C=O) groups is 2. The second kappa shape index (κ2) is 8.84. The molecule has 0 spiro atoms. The van der Waals surface area contributed by atoms with Crippen molar-refractivity contribution in [1.29, 1.82) is 0 Å². The maximum Gasteiger partial charge on any atom is 0.233 e. The third-order valence-electron chi connectivity index (χ3n) is 10.0. The minimum Gasteiger partial charge on any atom is -0.353 e. The van der Waals surface area contributed by atoms with Crippen molar-refractivity contribution in [3.8, 4) is 0 Å². The van der Waals surface area contributed by atoms with Crippen LogP contribution >= 0.6 is 11.5 Å². The topological polar surface area (TPSA) is 56.8 Å². The zero-order valence-electron chi connectivity index (χ0n) is 20.5. The molecule has 6 nitrogen and oxygen atoms in total. The van der Waals surface area contributed by atoms with Crippen LogP contribution in [0.2, 0.25) is 0 Å². The molecular formula is C28H36N4O2S. The number of carbonyl (C=O) groups excluding carboxylic acids is 2. The van der Waals surface area contributed by atoms with E-state index in [1.54, 1.807) is 16.4 Å². The molecule has 3 heterocycles. The van der Waals surface area contributed by atoms with Crippen molar-refractivity contribution in [3.05, 3.63) is 24.3 Å². The first-order valence-corrected chi connectivity index (χ1v) is 14.6. The van der Waals surface area contributed by atoms with Crippen LogP contribution in [0.5, 0.6) is 0 Å². The van der Waals surface area contributed by atoms with Crippen LogP contribution in [-0.2, 0) is 9.59 Å². The van der Waals surface area contributed by atoms with Crippen molar-refractivity contribution in [1.82, 2.24) is 14.2 Å². The SMILES string of the molecule is O=C1[C@@H]2[C@@H]3CC[C@@H](C3)[C@@H]2C(=O)N1C[C@@H]1CCCC[C@@H]1CN1CCN(c2nsc3ccccc23)CC1. The number of hydrogen-bond donors (Lipinski definition) is 0. The molecule has 3 aliphatic carbocycles. The maximum absolute atomic E-state index is 13.3. The van der Waals surface area contributed by atoms with E-state index < -0.39 is 0 Å². The number of amides is 2. The fourth-order valence-corrected chi connectivity index (χ4v) is 9.02. The first-order chi connectivity index (χ1) is 17.2. The van der Waals surface area contributed by atoms with E-state index in [9.17, 15) is 9.59 Å². The van der Waals surface area contributed by atoms with Crippen LogP contribution in [0.3, 0.4) is 0 Å². The van der Waals surface area contributed by atoms with Gasteiger partial charge in [-0.05, 0) is 79.4 Å². The summed E-state index contributed by atoms with van der Waals surface area (Å²) in [5.74, 6) is 3.59. The Bertz CT molecular complexity index is 1100. The van der Waals surface area contributed by atoms with Gasteiger partial charge in [0, 0.05) is 44.7 Å². The predicted octanol–water partition coefficient (Wildman–Crippen LogP) is 4.26. The Morgan fingerprint density at radius 1 is 0.829 bits per heavy atom. The van der Waals surface area contributed by atoms with Crippen LogP contribution in [0.15, 0.2) is 24.3 Å². The van der Waals surface area contributed by atoms with Crippen LogP contribution in [0.1, 0.15) is 44.9 Å². The lowest BCUT2D eigenvalue weighted by Crippen LogP contribution is -2.49. The lowest BCUT2D eigenvalue weighted by Gasteiger charge is -2.40. The quantitative estimate of drug-likeness (QED) is 0.584. The lowest BCUT2D eigenvalue weighted by molar-refractivity contribution is -0.142. The normalized spacial score (nSPS) is 35.4. The average Bonchev–Trinajstić information content (AvgIpc) is 3.66. The number of anilines is 1. The number of fused-ring (bicyclic) bond motifs is 6. The van der Waals surface area contributed by atoms with Crippen molar-refractivity contribution < 1.29 is 9.59 Å². The summed E-state index contributed by atoms with van der Waals surface area (Å²) in [4.78, 5) is 33.4. The first-order valence-electron chi connectivity index (χ1n) is 13.8. The molecule has 2 amide bonds. The molecule has 0 radical (unpaired) electrons. The molecule has 2 aromatic rings. The zero-order chi connectivity index (χ0) is 23.5. The summed E-state index contributed by atoms with van der Waals surface area (Å²) < 4.78 is 6.02. The average molecular weight is 493 g/mol. The first kappa shape index (κ1) is 22.2. The van der Waals surface area contributed by atoms with Crippen LogP contribution < -0.4 is 4.90 Å². The molecule has 0 N–H and O–H groups in total. The third-order valence-corrected chi connectivity index (χ3v) is 10.8. The number of nitrogens with zero attached hydrogens (tertiary/aromatic N) is 4. The Morgan fingerprint density at radius 3 is 2.20 bits per heavy atom. The lowest BCUT2D eigenvalue weighted by atomic mass is 9.78. The van der Waals surface area contributed by atoms with Gasteiger partial charge in [-0.1, -0.05) is 25.0 Å². The summed E-state index contributed by atoms with van der Waals surface area (Å²) in [5, 5.41) is 1.27. The molecule has 1 aromatic carbocycles. The van der Waals surface area contributed by atoms with Crippen LogP contribution in [0.25, 0.3) is 10.1 Å². The standard InChI is InChI=1S/C28H36N4O2S/c33-27-24-18-9-10-19(15-18)25(24)28(34)32(27)17-21-6-2-1-5-20(21)16-30-11-13-31(14-12-30)26-22-7-3-4-8-23(22)35-29-26/h3-4,7-8,18-21,24-25H,1-2,5-6,9-17H2/t18-,19+,20-,21+,24-,25+/m1/s1. The molecule has 7 heteroatoms. The van der Waals surface area contributed by atoms with Gasteiger partial charge in [0.2, 0.25) is 11.8 Å². The molecule has 7 rings (SSSR count). The highest BCUT2D eigenvalue weighted by Crippen LogP contribution is 2.56. The van der Waals surface area contributed by atoms with Crippen molar-refractivity contribution in [2.45, 2.75) is 44.9 Å². The van der Waals surface area contributed by atoms with E-state index >= 15 is 0 Å². The molecule has 2 bridgehead atoms. The fraction of sp³-hybridized carbons (Fsp3) is 0.679. The smallest absolute Gasteiger partial charge is 0.233 e. The highest BCUT2D eigenvalue weighted by Gasteiger charge is 2.61. The molecule has 5 aliphatic rings. The van der Waals surface area contributed by atoms with E-state index in [4.69, 9.17) is 4.37 Å². The number of piperazine rings is 1.